The van der Waals surface area contributed by atoms with E-state index in [0.717, 1.165) is 44.2 Å². The van der Waals surface area contributed by atoms with Crippen molar-refractivity contribution in [3.8, 4) is 16.8 Å². The van der Waals surface area contributed by atoms with Crippen molar-refractivity contribution in [3.63, 3.8) is 0 Å². The zero-order chi connectivity index (χ0) is 27.9. The molecule has 1 fully saturated rings. The molecule has 1 aliphatic heterocycles. The normalized spacial score (nSPS) is 16.4. The molecule has 0 bridgehead atoms. The molecular formula is C36H30BNO3. The summed E-state index contributed by atoms with van der Waals surface area (Å²) in [5.74, 6) is 0. The van der Waals surface area contributed by atoms with Crippen LogP contribution in [0.2, 0.25) is 0 Å². The maximum Gasteiger partial charge on any atom is 0.494 e. The number of hydrogen-bond donors (Lipinski definition) is 0. The molecule has 5 heteroatoms. The Balaban J connectivity index is 1.39. The molecule has 0 atom stereocenters. The number of rotatable bonds is 3. The molecule has 0 spiro atoms. The Morgan fingerprint density at radius 1 is 0.537 bits per heavy atom. The third-order valence-electron chi connectivity index (χ3n) is 9.01. The summed E-state index contributed by atoms with van der Waals surface area (Å²) in [7, 11) is -0.481. The van der Waals surface area contributed by atoms with E-state index >= 15 is 0 Å². The highest BCUT2D eigenvalue weighted by atomic mass is 16.7. The van der Waals surface area contributed by atoms with Crippen molar-refractivity contribution < 1.29 is 13.7 Å². The molecule has 7 aromatic rings. The monoisotopic (exact) mass is 535 g/mol. The van der Waals surface area contributed by atoms with Gasteiger partial charge >= 0.3 is 7.12 Å². The fourth-order valence-corrected chi connectivity index (χ4v) is 6.15. The number of benzene rings is 5. The molecule has 1 aliphatic rings. The maximum atomic E-state index is 6.56. The van der Waals surface area contributed by atoms with Crippen LogP contribution in [0.3, 0.4) is 0 Å². The van der Waals surface area contributed by atoms with Crippen LogP contribution in [-0.2, 0) is 9.31 Å². The summed E-state index contributed by atoms with van der Waals surface area (Å²) < 4.78 is 21.6. The van der Waals surface area contributed by atoms with E-state index in [2.05, 4.69) is 129 Å². The first kappa shape index (κ1) is 24.5. The number of fused-ring (bicyclic) bond motifs is 6. The second kappa shape index (κ2) is 8.59. The summed E-state index contributed by atoms with van der Waals surface area (Å²) in [4.78, 5) is 0. The molecule has 8 rings (SSSR count). The smallest absolute Gasteiger partial charge is 0.456 e. The van der Waals surface area contributed by atoms with Crippen LogP contribution in [-0.4, -0.2) is 22.9 Å². The van der Waals surface area contributed by atoms with Crippen LogP contribution in [0.4, 0.5) is 0 Å². The van der Waals surface area contributed by atoms with Gasteiger partial charge in [0.1, 0.15) is 11.2 Å². The molecule has 2 aromatic heterocycles. The zero-order valence-electron chi connectivity index (χ0n) is 23.6. The third kappa shape index (κ3) is 3.69. The van der Waals surface area contributed by atoms with Crippen LogP contribution in [0.15, 0.2) is 114 Å². The van der Waals surface area contributed by atoms with Crippen molar-refractivity contribution in [2.75, 3.05) is 0 Å². The van der Waals surface area contributed by atoms with Gasteiger partial charge in [0.2, 0.25) is 0 Å². The molecule has 5 aromatic carbocycles. The van der Waals surface area contributed by atoms with Crippen LogP contribution in [0.1, 0.15) is 27.7 Å². The lowest BCUT2D eigenvalue weighted by Gasteiger charge is -2.32. The average molecular weight is 535 g/mol. The molecule has 3 heterocycles. The summed E-state index contributed by atoms with van der Waals surface area (Å²) in [6, 6.07) is 38.6. The van der Waals surface area contributed by atoms with Crippen molar-refractivity contribution in [1.82, 2.24) is 4.57 Å². The molecule has 0 radical (unpaired) electrons. The minimum absolute atomic E-state index is 0.435. The lowest BCUT2D eigenvalue weighted by Crippen LogP contribution is -2.41. The minimum atomic E-state index is -0.481. The van der Waals surface area contributed by atoms with E-state index in [0.29, 0.717) is 0 Å². The lowest BCUT2D eigenvalue weighted by molar-refractivity contribution is 0.00578. The van der Waals surface area contributed by atoms with E-state index < -0.39 is 18.3 Å². The van der Waals surface area contributed by atoms with Crippen molar-refractivity contribution >= 4 is 56.3 Å². The Hall–Kier alpha value is -4.32. The number of para-hydroxylation sites is 3. The second-order valence-electron chi connectivity index (χ2n) is 12.1. The Bertz CT molecular complexity index is 2060. The molecule has 0 N–H and O–H groups in total. The summed E-state index contributed by atoms with van der Waals surface area (Å²) in [6.45, 7) is 8.40. The van der Waals surface area contributed by atoms with E-state index in [4.69, 9.17) is 13.7 Å². The molecule has 0 saturated carbocycles. The fraction of sp³-hybridized carbons (Fsp3) is 0.167. The quantitative estimate of drug-likeness (QED) is 0.213. The Kier molecular flexibility index (Phi) is 5.13. The Labute approximate surface area is 239 Å². The van der Waals surface area contributed by atoms with Gasteiger partial charge in [-0.05, 0) is 86.7 Å². The van der Waals surface area contributed by atoms with Gasteiger partial charge in [0.05, 0.1) is 22.2 Å². The van der Waals surface area contributed by atoms with Gasteiger partial charge in [-0.15, -0.1) is 0 Å². The van der Waals surface area contributed by atoms with Gasteiger partial charge in [0.15, 0.2) is 0 Å². The SMILES string of the molecule is CC1(C)OB(c2cc(-c3ccc4oc5ccccc5c4c3)cc(-n3c4ccccc4c4ccccc43)c2)OC1(C)C. The molecule has 0 unspecified atom stereocenters. The van der Waals surface area contributed by atoms with Gasteiger partial charge in [-0.1, -0.05) is 66.7 Å². The standard InChI is InChI=1S/C36H30BNO3/c1-35(2)36(3,4)41-37(40-35)25-19-24(23-17-18-34-30(21-23)29-13-7-10-16-33(29)39-34)20-26(22-25)38-31-14-8-5-11-27(31)28-12-6-9-15-32(28)38/h5-22H,1-4H3. The van der Waals surface area contributed by atoms with Gasteiger partial charge < -0.3 is 18.3 Å². The summed E-state index contributed by atoms with van der Waals surface area (Å²) in [5.41, 5.74) is 7.54. The predicted octanol–water partition coefficient (Wildman–Crippen LogP) is 8.65. The Morgan fingerprint density at radius 2 is 1.12 bits per heavy atom. The van der Waals surface area contributed by atoms with E-state index in [1.165, 1.54) is 21.8 Å². The van der Waals surface area contributed by atoms with Gasteiger partial charge in [0.25, 0.3) is 0 Å². The number of furan rings is 1. The largest absolute Gasteiger partial charge is 0.494 e. The molecule has 1 saturated heterocycles. The molecule has 4 nitrogen and oxygen atoms in total. The van der Waals surface area contributed by atoms with E-state index in [9.17, 15) is 0 Å². The first-order valence-corrected chi connectivity index (χ1v) is 14.2. The minimum Gasteiger partial charge on any atom is -0.456 e. The lowest BCUT2D eigenvalue weighted by atomic mass is 9.77. The predicted molar refractivity (Wildman–Crippen MR) is 169 cm³/mol. The highest BCUT2D eigenvalue weighted by Crippen LogP contribution is 2.39. The van der Waals surface area contributed by atoms with Crippen molar-refractivity contribution in [1.29, 1.82) is 0 Å². The van der Waals surface area contributed by atoms with Crippen molar-refractivity contribution in [2.45, 2.75) is 38.9 Å². The van der Waals surface area contributed by atoms with Crippen LogP contribution in [0, 0.1) is 0 Å². The maximum absolute atomic E-state index is 6.56. The Morgan fingerprint density at radius 3 is 1.80 bits per heavy atom. The van der Waals surface area contributed by atoms with Crippen LogP contribution >= 0.6 is 0 Å². The van der Waals surface area contributed by atoms with E-state index in [1.807, 2.05) is 12.1 Å². The molecule has 41 heavy (non-hydrogen) atoms. The number of nitrogens with zero attached hydrogens (tertiary/aromatic N) is 1. The highest BCUT2D eigenvalue weighted by Gasteiger charge is 2.51. The zero-order valence-corrected chi connectivity index (χ0v) is 23.6. The number of hydrogen-bond acceptors (Lipinski definition) is 3. The summed E-state index contributed by atoms with van der Waals surface area (Å²) >= 11 is 0. The van der Waals surface area contributed by atoms with Crippen molar-refractivity contribution in [2.24, 2.45) is 0 Å². The summed E-state index contributed by atoms with van der Waals surface area (Å²) in [5, 5.41) is 4.69. The van der Waals surface area contributed by atoms with Crippen LogP contribution in [0.25, 0.3) is 60.6 Å². The summed E-state index contributed by atoms with van der Waals surface area (Å²) in [6.07, 6.45) is 0. The highest BCUT2D eigenvalue weighted by molar-refractivity contribution is 6.62. The molecule has 0 amide bonds. The van der Waals surface area contributed by atoms with Crippen molar-refractivity contribution in [3.05, 3.63) is 109 Å². The van der Waals surface area contributed by atoms with Gasteiger partial charge in [0, 0.05) is 27.2 Å². The average Bonchev–Trinajstić information content (AvgIpc) is 3.58. The van der Waals surface area contributed by atoms with Crippen LogP contribution in [0.5, 0.6) is 0 Å². The molecule has 200 valence electrons. The van der Waals surface area contributed by atoms with Crippen LogP contribution < -0.4 is 5.46 Å². The molecular weight excluding hydrogens is 505 g/mol. The van der Waals surface area contributed by atoms with E-state index in [-0.39, 0.29) is 0 Å². The fourth-order valence-electron chi connectivity index (χ4n) is 6.15. The van der Waals surface area contributed by atoms with Gasteiger partial charge in [-0.2, -0.15) is 0 Å². The first-order valence-electron chi connectivity index (χ1n) is 14.2. The third-order valence-corrected chi connectivity index (χ3v) is 9.01. The topological polar surface area (TPSA) is 36.5 Å². The number of aromatic nitrogens is 1. The molecule has 0 aliphatic carbocycles. The van der Waals surface area contributed by atoms with Gasteiger partial charge in [-0.25, -0.2) is 0 Å². The first-order chi connectivity index (χ1) is 19.8. The van der Waals surface area contributed by atoms with Gasteiger partial charge in [-0.3, -0.25) is 0 Å². The second-order valence-corrected chi connectivity index (χ2v) is 12.1. The van der Waals surface area contributed by atoms with E-state index in [1.54, 1.807) is 0 Å².